The molecule has 0 atom stereocenters. The summed E-state index contributed by atoms with van der Waals surface area (Å²) >= 11 is 0. The van der Waals surface area contributed by atoms with Crippen molar-refractivity contribution in [3.05, 3.63) is 16.4 Å². The van der Waals surface area contributed by atoms with E-state index in [1.807, 2.05) is 13.8 Å². The summed E-state index contributed by atoms with van der Waals surface area (Å²) in [7, 11) is 0. The number of aromatic amines is 1. The number of nitrogens with zero attached hydrogens (tertiary/aromatic N) is 1. The Balaban J connectivity index is 2.70. The van der Waals surface area contributed by atoms with Gasteiger partial charge >= 0.3 is 0 Å². The summed E-state index contributed by atoms with van der Waals surface area (Å²) in [5.74, 6) is 0.490. The van der Waals surface area contributed by atoms with Crippen LogP contribution in [0.1, 0.15) is 13.8 Å². The quantitative estimate of drug-likeness (QED) is 0.552. The number of aromatic nitrogens is 2. The number of rotatable bonds is 4. The highest BCUT2D eigenvalue weighted by Crippen LogP contribution is 2.14. The Morgan fingerprint density at radius 1 is 1.67 bits per heavy atom. The van der Waals surface area contributed by atoms with Crippen LogP contribution in [0.5, 0.6) is 0 Å². The maximum atomic E-state index is 11.0. The van der Waals surface area contributed by atoms with Crippen LogP contribution in [0.3, 0.4) is 0 Å². The zero-order valence-electron chi connectivity index (χ0n) is 8.87. The monoisotopic (exact) mass is 212 g/mol. The summed E-state index contributed by atoms with van der Waals surface area (Å²) in [6.07, 6.45) is 0. The molecule has 0 aliphatic carbocycles. The zero-order valence-corrected chi connectivity index (χ0v) is 8.87. The number of nitrogen functional groups attached to an aromatic ring is 1. The largest absolute Gasteiger partial charge is 0.396 e. The summed E-state index contributed by atoms with van der Waals surface area (Å²) in [4.78, 5) is 17.3. The number of aliphatic hydroxyl groups is 1. The number of nitrogens with two attached hydrogens (primary N) is 1. The van der Waals surface area contributed by atoms with Crippen molar-refractivity contribution in [1.29, 1.82) is 0 Å². The maximum Gasteiger partial charge on any atom is 0.254 e. The normalized spacial score (nSPS) is 11.4. The molecule has 0 amide bonds. The van der Waals surface area contributed by atoms with Crippen molar-refractivity contribution >= 4 is 11.8 Å². The van der Waals surface area contributed by atoms with Gasteiger partial charge in [-0.1, -0.05) is 13.8 Å². The predicted octanol–water partition coefficient (Wildman–Crippen LogP) is -0.218. The van der Waals surface area contributed by atoms with Gasteiger partial charge in [0.15, 0.2) is 0 Å². The molecule has 1 aromatic rings. The van der Waals surface area contributed by atoms with E-state index in [1.165, 1.54) is 6.07 Å². The molecular formula is C9H16N4O2. The first-order valence-corrected chi connectivity index (χ1v) is 4.64. The average Bonchev–Trinajstić information content (AvgIpc) is 2.14. The maximum absolute atomic E-state index is 11.0. The Morgan fingerprint density at radius 3 is 2.87 bits per heavy atom. The van der Waals surface area contributed by atoms with Crippen molar-refractivity contribution in [2.75, 3.05) is 24.2 Å². The van der Waals surface area contributed by atoms with Crippen molar-refractivity contribution < 1.29 is 5.11 Å². The topological polar surface area (TPSA) is 104 Å². The summed E-state index contributed by atoms with van der Waals surface area (Å²) in [6.45, 7) is 4.37. The number of hydrogen-bond donors (Lipinski definition) is 4. The molecule has 0 bridgehead atoms. The molecule has 0 saturated heterocycles. The van der Waals surface area contributed by atoms with E-state index in [2.05, 4.69) is 15.3 Å². The van der Waals surface area contributed by atoms with E-state index < -0.39 is 0 Å². The average molecular weight is 212 g/mol. The highest BCUT2D eigenvalue weighted by Gasteiger charge is 2.16. The second-order valence-electron chi connectivity index (χ2n) is 4.19. The Morgan fingerprint density at radius 2 is 2.33 bits per heavy atom. The lowest BCUT2D eigenvalue weighted by molar-refractivity contribution is 0.170. The van der Waals surface area contributed by atoms with Crippen LogP contribution >= 0.6 is 0 Å². The van der Waals surface area contributed by atoms with Crippen LogP contribution in [0.2, 0.25) is 0 Å². The molecule has 0 unspecified atom stereocenters. The van der Waals surface area contributed by atoms with Crippen molar-refractivity contribution in [2.24, 2.45) is 5.41 Å². The Hall–Kier alpha value is -1.56. The van der Waals surface area contributed by atoms with Crippen molar-refractivity contribution in [3.63, 3.8) is 0 Å². The summed E-state index contributed by atoms with van der Waals surface area (Å²) in [5.41, 5.74) is 4.81. The first kappa shape index (κ1) is 11.5. The van der Waals surface area contributed by atoms with Crippen LogP contribution in [0.25, 0.3) is 0 Å². The fraction of sp³-hybridized carbons (Fsp3) is 0.556. The van der Waals surface area contributed by atoms with Gasteiger partial charge in [0.05, 0.1) is 0 Å². The third kappa shape index (κ3) is 3.59. The number of aliphatic hydroxyl groups excluding tert-OH is 1. The van der Waals surface area contributed by atoms with E-state index >= 15 is 0 Å². The molecule has 0 radical (unpaired) electrons. The predicted molar refractivity (Wildman–Crippen MR) is 58.6 cm³/mol. The minimum atomic E-state index is -0.299. The van der Waals surface area contributed by atoms with Gasteiger partial charge < -0.3 is 16.2 Å². The molecule has 0 fully saturated rings. The molecule has 0 spiro atoms. The molecule has 5 N–H and O–H groups in total. The molecule has 84 valence electrons. The van der Waals surface area contributed by atoms with Gasteiger partial charge in [-0.05, 0) is 0 Å². The van der Waals surface area contributed by atoms with E-state index in [-0.39, 0.29) is 23.5 Å². The van der Waals surface area contributed by atoms with Gasteiger partial charge in [0.25, 0.3) is 5.56 Å². The molecule has 1 heterocycles. The third-order valence-electron chi connectivity index (χ3n) is 1.94. The van der Waals surface area contributed by atoms with Crippen LogP contribution < -0.4 is 16.6 Å². The molecular weight excluding hydrogens is 196 g/mol. The zero-order chi connectivity index (χ0) is 11.5. The molecule has 0 aromatic carbocycles. The smallest absolute Gasteiger partial charge is 0.254 e. The van der Waals surface area contributed by atoms with E-state index in [9.17, 15) is 4.79 Å². The molecule has 1 rings (SSSR count). The molecule has 0 saturated carbocycles. The lowest BCUT2D eigenvalue weighted by Gasteiger charge is -2.22. The molecule has 1 aromatic heterocycles. The summed E-state index contributed by atoms with van der Waals surface area (Å²) in [6, 6.07) is 1.32. The van der Waals surface area contributed by atoms with E-state index in [0.29, 0.717) is 12.4 Å². The lowest BCUT2D eigenvalue weighted by Crippen LogP contribution is -2.27. The Bertz CT molecular complexity index is 386. The van der Waals surface area contributed by atoms with Gasteiger partial charge in [-0.15, -0.1) is 0 Å². The van der Waals surface area contributed by atoms with Gasteiger partial charge in [0.1, 0.15) is 5.82 Å². The van der Waals surface area contributed by atoms with Gasteiger partial charge in [-0.2, -0.15) is 4.98 Å². The van der Waals surface area contributed by atoms with Crippen molar-refractivity contribution in [1.82, 2.24) is 9.97 Å². The number of nitrogens with one attached hydrogen (secondary N) is 2. The van der Waals surface area contributed by atoms with Crippen LogP contribution in [0.4, 0.5) is 11.8 Å². The Kier molecular flexibility index (Phi) is 3.31. The fourth-order valence-electron chi connectivity index (χ4n) is 0.953. The lowest BCUT2D eigenvalue weighted by atomic mass is 9.95. The number of anilines is 2. The second kappa shape index (κ2) is 4.31. The first-order valence-electron chi connectivity index (χ1n) is 4.64. The van der Waals surface area contributed by atoms with Crippen LogP contribution in [0, 0.1) is 5.41 Å². The van der Waals surface area contributed by atoms with Crippen LogP contribution in [-0.2, 0) is 0 Å². The highest BCUT2D eigenvalue weighted by atomic mass is 16.3. The highest BCUT2D eigenvalue weighted by molar-refractivity contribution is 5.37. The third-order valence-corrected chi connectivity index (χ3v) is 1.94. The number of hydrogen-bond acceptors (Lipinski definition) is 5. The van der Waals surface area contributed by atoms with Crippen molar-refractivity contribution in [3.8, 4) is 0 Å². The van der Waals surface area contributed by atoms with E-state index in [0.717, 1.165) is 0 Å². The first-order chi connectivity index (χ1) is 6.93. The SMILES string of the molecule is CC(C)(CO)CNc1cc(=O)[nH]c(N)n1. The van der Waals surface area contributed by atoms with E-state index in [1.54, 1.807) is 0 Å². The van der Waals surface area contributed by atoms with Gasteiger partial charge in [-0.25, -0.2) is 0 Å². The Labute approximate surface area is 87.5 Å². The van der Waals surface area contributed by atoms with Crippen LogP contribution in [-0.4, -0.2) is 28.2 Å². The molecule has 6 heteroatoms. The summed E-state index contributed by atoms with van der Waals surface area (Å²) in [5, 5.41) is 12.0. The van der Waals surface area contributed by atoms with Crippen LogP contribution in [0.15, 0.2) is 10.9 Å². The second-order valence-corrected chi connectivity index (χ2v) is 4.19. The molecule has 15 heavy (non-hydrogen) atoms. The fourth-order valence-corrected chi connectivity index (χ4v) is 0.953. The standard InChI is InChI=1S/C9H16N4O2/c1-9(2,5-14)4-11-6-3-7(15)13-8(10)12-6/h3,14H,4-5H2,1-2H3,(H4,10,11,12,13,15). The van der Waals surface area contributed by atoms with Gasteiger partial charge in [0, 0.05) is 24.6 Å². The molecule has 0 aliphatic heterocycles. The van der Waals surface area contributed by atoms with Crippen molar-refractivity contribution in [2.45, 2.75) is 13.8 Å². The van der Waals surface area contributed by atoms with Gasteiger partial charge in [-0.3, -0.25) is 9.78 Å². The number of H-pyrrole nitrogens is 1. The van der Waals surface area contributed by atoms with E-state index in [4.69, 9.17) is 10.8 Å². The van der Waals surface area contributed by atoms with Gasteiger partial charge in [0.2, 0.25) is 5.95 Å². The molecule has 0 aliphatic rings. The minimum absolute atomic E-state index is 0.0542. The summed E-state index contributed by atoms with van der Waals surface area (Å²) < 4.78 is 0. The molecule has 6 nitrogen and oxygen atoms in total. The minimum Gasteiger partial charge on any atom is -0.396 e.